The van der Waals surface area contributed by atoms with Gasteiger partial charge in [-0.15, -0.1) is 0 Å². The molecule has 2 aliphatic heterocycles. The summed E-state index contributed by atoms with van der Waals surface area (Å²) >= 11 is 4.18. The van der Waals surface area contributed by atoms with E-state index in [2.05, 4.69) is 36.6 Å². The molecule has 0 spiro atoms. The summed E-state index contributed by atoms with van der Waals surface area (Å²) in [5.41, 5.74) is 2.65. The highest BCUT2D eigenvalue weighted by Gasteiger charge is 2.27. The van der Waals surface area contributed by atoms with Crippen molar-refractivity contribution in [2.75, 3.05) is 43.0 Å². The molecule has 2 fully saturated rings. The van der Waals surface area contributed by atoms with Gasteiger partial charge in [0.05, 0.1) is 23.0 Å². The van der Waals surface area contributed by atoms with Crippen LogP contribution in [0.1, 0.15) is 58.4 Å². The maximum Gasteiger partial charge on any atom is 0.410 e. The summed E-state index contributed by atoms with van der Waals surface area (Å²) in [5.74, 6) is 6.30. The number of amides is 3. The molecule has 9 nitrogen and oxygen atoms in total. The lowest BCUT2D eigenvalue weighted by Crippen LogP contribution is -2.43. The molecule has 0 unspecified atom stereocenters. The second-order valence-electron chi connectivity index (χ2n) is 10.3. The Morgan fingerprint density at radius 3 is 2.47 bits per heavy atom. The van der Waals surface area contributed by atoms with Gasteiger partial charge in [0.25, 0.3) is 0 Å². The van der Waals surface area contributed by atoms with Crippen molar-refractivity contribution in [3.63, 3.8) is 0 Å². The first kappa shape index (κ1) is 31.1. The maximum atomic E-state index is 12.1. The molecule has 2 aliphatic rings. The number of hydrogen-bond donors (Lipinski definition) is 2. The third kappa shape index (κ3) is 10.3. The van der Waals surface area contributed by atoms with Crippen LogP contribution < -0.4 is 14.5 Å². The number of likely N-dealkylation sites (tertiary alicyclic amines) is 1. The smallest absolute Gasteiger partial charge is 0.410 e. The van der Waals surface area contributed by atoms with Gasteiger partial charge in [0.2, 0.25) is 12.3 Å². The van der Waals surface area contributed by atoms with Crippen LogP contribution in [0.3, 0.4) is 0 Å². The van der Waals surface area contributed by atoms with Crippen LogP contribution in [0, 0.1) is 11.8 Å². The van der Waals surface area contributed by atoms with Crippen molar-refractivity contribution in [1.29, 1.82) is 0 Å². The van der Waals surface area contributed by atoms with Gasteiger partial charge in [-0.3, -0.25) is 13.9 Å². The molecule has 2 saturated heterocycles. The van der Waals surface area contributed by atoms with Crippen LogP contribution in [-0.4, -0.2) is 68.8 Å². The summed E-state index contributed by atoms with van der Waals surface area (Å²) < 4.78 is 12.5. The van der Waals surface area contributed by atoms with E-state index in [4.69, 9.17) is 9.47 Å². The molecule has 38 heavy (non-hydrogen) atoms. The zero-order valence-electron chi connectivity index (χ0n) is 23.1. The molecule has 1 aromatic carbocycles. The molecule has 0 aliphatic carbocycles. The number of benzene rings is 1. The number of carbonyl (C=O) groups is 3. The van der Waals surface area contributed by atoms with Crippen molar-refractivity contribution >= 4 is 42.6 Å². The van der Waals surface area contributed by atoms with Crippen LogP contribution >= 0.6 is 12.8 Å². The minimum Gasteiger partial charge on any atom is -0.444 e. The number of para-hydroxylation sites is 1. The summed E-state index contributed by atoms with van der Waals surface area (Å²) in [7, 11) is 3.79. The Balaban J connectivity index is 0.000000538. The number of hydrogen-bond acceptors (Lipinski definition) is 7. The number of allylic oxidation sites excluding steroid dienone is 1. The first-order valence-electron chi connectivity index (χ1n) is 12.7. The summed E-state index contributed by atoms with van der Waals surface area (Å²) in [4.78, 5) is 37.4. The van der Waals surface area contributed by atoms with Gasteiger partial charge in [-0.05, 0) is 58.6 Å². The Morgan fingerprint density at radius 2 is 1.95 bits per heavy atom. The summed E-state index contributed by atoms with van der Waals surface area (Å²) in [6, 6.07) is 5.56. The monoisotopic (exact) mass is 544 g/mol. The fraction of sp³-hybridized carbons (Fsp3) is 0.536. The first-order chi connectivity index (χ1) is 17.9. The van der Waals surface area contributed by atoms with Crippen LogP contribution in [0.5, 0.6) is 0 Å². The molecular weight excluding hydrogens is 504 g/mol. The second kappa shape index (κ2) is 14.7. The quantitative estimate of drug-likeness (QED) is 0.329. The average Bonchev–Trinajstić information content (AvgIpc) is 2.85. The average molecular weight is 545 g/mol. The van der Waals surface area contributed by atoms with Crippen LogP contribution in [0.15, 0.2) is 30.5 Å². The fourth-order valence-corrected chi connectivity index (χ4v) is 4.11. The summed E-state index contributed by atoms with van der Waals surface area (Å²) in [6.45, 7) is 10.8. The fourth-order valence-electron chi connectivity index (χ4n) is 3.95. The van der Waals surface area contributed by atoms with Crippen molar-refractivity contribution in [2.24, 2.45) is 0 Å². The van der Waals surface area contributed by atoms with Gasteiger partial charge in [0.1, 0.15) is 12.2 Å². The Labute approximate surface area is 232 Å². The number of ether oxygens (including phenoxy) is 2. The highest BCUT2D eigenvalue weighted by atomic mass is 32.1. The van der Waals surface area contributed by atoms with E-state index in [1.807, 2.05) is 58.0 Å². The molecule has 0 radical (unpaired) electrons. The molecule has 208 valence electrons. The van der Waals surface area contributed by atoms with Gasteiger partial charge < -0.3 is 24.6 Å². The minimum absolute atomic E-state index is 0.0700. The van der Waals surface area contributed by atoms with E-state index in [1.165, 1.54) is 4.31 Å². The lowest BCUT2D eigenvalue weighted by atomic mass is 10.1. The Morgan fingerprint density at radius 1 is 1.26 bits per heavy atom. The third-order valence-corrected chi connectivity index (χ3v) is 6.02. The largest absolute Gasteiger partial charge is 0.444 e. The molecule has 0 bridgehead atoms. The van der Waals surface area contributed by atoms with E-state index < -0.39 is 5.60 Å². The van der Waals surface area contributed by atoms with E-state index in [-0.39, 0.29) is 18.1 Å². The number of nitrogens with one attached hydrogen (secondary N) is 1. The van der Waals surface area contributed by atoms with Gasteiger partial charge >= 0.3 is 6.09 Å². The SMILES string of the molecule is C=C1CCCC(=O)N1.CN(C)c1c(C#CCOC2CCN(C(=O)OC(C)(C)C)CC2)cccc1N(S)C=O. The van der Waals surface area contributed by atoms with Crippen LogP contribution in [0.2, 0.25) is 0 Å². The van der Waals surface area contributed by atoms with E-state index in [0.717, 1.165) is 42.6 Å². The topological polar surface area (TPSA) is 91.4 Å². The highest BCUT2D eigenvalue weighted by Crippen LogP contribution is 2.31. The van der Waals surface area contributed by atoms with E-state index >= 15 is 0 Å². The predicted octanol–water partition coefficient (Wildman–Crippen LogP) is 4.13. The van der Waals surface area contributed by atoms with Gasteiger partial charge in [-0.2, -0.15) is 0 Å². The third-order valence-electron chi connectivity index (χ3n) is 5.72. The number of nitrogens with zero attached hydrogens (tertiary/aromatic N) is 3. The van der Waals surface area contributed by atoms with Gasteiger partial charge in [-0.1, -0.05) is 37.3 Å². The second-order valence-corrected chi connectivity index (χ2v) is 10.7. The normalized spacial score (nSPS) is 15.8. The van der Waals surface area contributed by atoms with Crippen molar-refractivity contribution in [3.05, 3.63) is 36.0 Å². The number of anilines is 2. The molecule has 1 aromatic rings. The number of piperidine rings is 2. The molecular formula is C28H40N4O5S. The number of rotatable bonds is 5. The van der Waals surface area contributed by atoms with E-state index in [1.54, 1.807) is 4.90 Å². The molecule has 10 heteroatoms. The zero-order valence-corrected chi connectivity index (χ0v) is 24.0. The number of carbonyl (C=O) groups excluding carboxylic acids is 3. The van der Waals surface area contributed by atoms with Crippen LogP contribution in [0.25, 0.3) is 0 Å². The van der Waals surface area contributed by atoms with Gasteiger partial charge in [-0.25, -0.2) is 4.79 Å². The number of thiol groups is 1. The molecule has 1 N–H and O–H groups in total. The summed E-state index contributed by atoms with van der Waals surface area (Å²) in [5, 5.41) is 2.65. The Kier molecular flexibility index (Phi) is 12.0. The standard InChI is InChI=1S/C22H31N3O4S.C6H9NO/c1-22(2,3)29-21(27)24-13-11-18(12-14-24)28-15-7-9-17-8-6-10-19(25(30)16-26)20(17)23(4)5;1-5-3-2-4-6(8)7-5/h6,8,10,16,18,30H,11-15H2,1-5H3;1-4H2,(H,7,8). The molecule has 3 amide bonds. The highest BCUT2D eigenvalue weighted by molar-refractivity contribution is 7.82. The van der Waals surface area contributed by atoms with E-state index in [9.17, 15) is 14.4 Å². The van der Waals surface area contributed by atoms with Crippen LogP contribution in [0.4, 0.5) is 16.2 Å². The van der Waals surface area contributed by atoms with Crippen molar-refractivity contribution in [3.8, 4) is 11.8 Å². The molecule has 0 saturated carbocycles. The van der Waals surface area contributed by atoms with Crippen molar-refractivity contribution in [1.82, 2.24) is 10.2 Å². The van der Waals surface area contributed by atoms with E-state index in [0.29, 0.717) is 38.2 Å². The molecule has 3 rings (SSSR count). The van der Waals surface area contributed by atoms with Crippen LogP contribution in [-0.2, 0) is 19.1 Å². The summed E-state index contributed by atoms with van der Waals surface area (Å²) in [6.07, 6.45) is 4.54. The van der Waals surface area contributed by atoms with Gasteiger partial charge in [0.15, 0.2) is 0 Å². The predicted molar refractivity (Wildman–Crippen MR) is 153 cm³/mol. The van der Waals surface area contributed by atoms with Gasteiger partial charge in [0, 0.05) is 39.3 Å². The lowest BCUT2D eigenvalue weighted by molar-refractivity contribution is -0.121. The molecule has 0 atom stereocenters. The molecule has 2 heterocycles. The first-order valence-corrected chi connectivity index (χ1v) is 13.1. The van der Waals surface area contributed by atoms with Crippen molar-refractivity contribution in [2.45, 2.75) is 64.6 Å². The van der Waals surface area contributed by atoms with Crippen molar-refractivity contribution < 1.29 is 23.9 Å². The maximum absolute atomic E-state index is 12.1. The lowest BCUT2D eigenvalue weighted by Gasteiger charge is -2.33. The zero-order chi connectivity index (χ0) is 28.3. The molecule has 0 aromatic heterocycles. The Hall–Kier alpha value is -3.16. The minimum atomic E-state index is -0.488. The Bertz CT molecular complexity index is 1040.